The quantitative estimate of drug-likeness (QED) is 0.604. The molecule has 0 radical (unpaired) electrons. The Balaban J connectivity index is 2.85. The van der Waals surface area contributed by atoms with Gasteiger partial charge in [-0.15, -0.1) is 0 Å². The third-order valence-electron chi connectivity index (χ3n) is 1.86. The summed E-state index contributed by atoms with van der Waals surface area (Å²) in [4.78, 5) is 16.3. The standard InChI is InChI=1S/C11H11F3N2O/c1-16(2)6-5-9(17)8-3-4-10(15-7-8)11(12,13)14/h3-7H,1-2H3. The van der Waals surface area contributed by atoms with Crippen LogP contribution in [0.3, 0.4) is 0 Å². The molecule has 0 saturated carbocycles. The highest BCUT2D eigenvalue weighted by atomic mass is 19.4. The van der Waals surface area contributed by atoms with Gasteiger partial charge in [-0.2, -0.15) is 13.2 Å². The van der Waals surface area contributed by atoms with Crippen LogP contribution < -0.4 is 0 Å². The summed E-state index contributed by atoms with van der Waals surface area (Å²) >= 11 is 0. The van der Waals surface area contributed by atoms with Crippen LogP contribution in [0.15, 0.2) is 30.6 Å². The molecule has 0 aliphatic carbocycles. The van der Waals surface area contributed by atoms with Gasteiger partial charge < -0.3 is 4.90 Å². The van der Waals surface area contributed by atoms with Gasteiger partial charge in [0.2, 0.25) is 0 Å². The Morgan fingerprint density at radius 3 is 2.41 bits per heavy atom. The number of alkyl halides is 3. The van der Waals surface area contributed by atoms with Crippen molar-refractivity contribution in [2.75, 3.05) is 14.1 Å². The summed E-state index contributed by atoms with van der Waals surface area (Å²) in [6.45, 7) is 0. The van der Waals surface area contributed by atoms with Crippen molar-refractivity contribution >= 4 is 5.78 Å². The van der Waals surface area contributed by atoms with E-state index in [1.165, 1.54) is 12.3 Å². The monoisotopic (exact) mass is 244 g/mol. The molecule has 17 heavy (non-hydrogen) atoms. The number of aromatic nitrogens is 1. The molecule has 0 aromatic carbocycles. The Hall–Kier alpha value is -1.85. The van der Waals surface area contributed by atoms with E-state index in [0.29, 0.717) is 0 Å². The lowest BCUT2D eigenvalue weighted by atomic mass is 10.1. The third-order valence-corrected chi connectivity index (χ3v) is 1.86. The molecule has 0 saturated heterocycles. The molecule has 0 amide bonds. The molecule has 1 aromatic rings. The minimum atomic E-state index is -4.49. The second-order valence-electron chi connectivity index (χ2n) is 3.57. The Bertz CT molecular complexity index is 421. The summed E-state index contributed by atoms with van der Waals surface area (Å²) in [5, 5.41) is 0. The zero-order valence-electron chi connectivity index (χ0n) is 9.32. The van der Waals surface area contributed by atoms with Crippen molar-refractivity contribution in [1.29, 1.82) is 0 Å². The van der Waals surface area contributed by atoms with E-state index in [0.717, 1.165) is 18.3 Å². The number of pyridine rings is 1. The number of allylic oxidation sites excluding steroid dienone is 1. The van der Waals surface area contributed by atoms with Gasteiger partial charge in [-0.05, 0) is 12.1 Å². The summed E-state index contributed by atoms with van der Waals surface area (Å²) in [7, 11) is 3.46. The number of carbonyl (C=O) groups is 1. The highest BCUT2D eigenvalue weighted by molar-refractivity contribution is 6.04. The lowest BCUT2D eigenvalue weighted by molar-refractivity contribution is -0.141. The van der Waals surface area contributed by atoms with Crippen molar-refractivity contribution in [3.05, 3.63) is 41.9 Å². The molecule has 0 bridgehead atoms. The van der Waals surface area contributed by atoms with Crippen molar-refractivity contribution in [3.8, 4) is 0 Å². The van der Waals surface area contributed by atoms with Gasteiger partial charge in [0, 0.05) is 38.1 Å². The average molecular weight is 244 g/mol. The second-order valence-corrected chi connectivity index (χ2v) is 3.57. The normalized spacial score (nSPS) is 11.8. The van der Waals surface area contributed by atoms with E-state index in [1.807, 2.05) is 0 Å². The predicted octanol–water partition coefficient (Wildman–Crippen LogP) is 2.36. The molecule has 0 aliphatic heterocycles. The van der Waals surface area contributed by atoms with Crippen LogP contribution in [0.1, 0.15) is 16.1 Å². The summed E-state index contributed by atoms with van der Waals surface area (Å²) in [6.07, 6.45) is -0.781. The first kappa shape index (κ1) is 13.2. The number of rotatable bonds is 3. The minimum Gasteiger partial charge on any atom is -0.383 e. The summed E-state index contributed by atoms with van der Waals surface area (Å²) in [5.74, 6) is -0.389. The van der Waals surface area contributed by atoms with Gasteiger partial charge in [0.1, 0.15) is 5.69 Å². The van der Waals surface area contributed by atoms with Crippen LogP contribution >= 0.6 is 0 Å². The number of halogens is 3. The van der Waals surface area contributed by atoms with Crippen molar-refractivity contribution < 1.29 is 18.0 Å². The van der Waals surface area contributed by atoms with Crippen LogP contribution in [0.25, 0.3) is 0 Å². The fourth-order valence-electron chi connectivity index (χ4n) is 1.02. The molecular formula is C11H11F3N2O. The first-order valence-electron chi connectivity index (χ1n) is 4.73. The van der Waals surface area contributed by atoms with Crippen LogP contribution in [0.4, 0.5) is 13.2 Å². The molecule has 0 unspecified atom stereocenters. The molecule has 3 nitrogen and oxygen atoms in total. The Morgan fingerprint density at radius 2 is 2.00 bits per heavy atom. The van der Waals surface area contributed by atoms with Crippen molar-refractivity contribution in [3.63, 3.8) is 0 Å². The van der Waals surface area contributed by atoms with Crippen LogP contribution in [0.2, 0.25) is 0 Å². The van der Waals surface area contributed by atoms with Gasteiger partial charge in [0.05, 0.1) is 0 Å². The fraction of sp³-hybridized carbons (Fsp3) is 0.273. The lowest BCUT2D eigenvalue weighted by Gasteiger charge is -2.05. The van der Waals surface area contributed by atoms with Crippen molar-refractivity contribution in [2.45, 2.75) is 6.18 Å². The second kappa shape index (κ2) is 4.99. The van der Waals surface area contributed by atoms with Crippen LogP contribution in [-0.2, 0) is 6.18 Å². The Labute approximate surface area is 96.6 Å². The zero-order valence-corrected chi connectivity index (χ0v) is 9.32. The van der Waals surface area contributed by atoms with E-state index in [9.17, 15) is 18.0 Å². The highest BCUT2D eigenvalue weighted by Crippen LogP contribution is 2.27. The molecule has 0 spiro atoms. The summed E-state index contributed by atoms with van der Waals surface area (Å²) in [6, 6.07) is 1.90. The topological polar surface area (TPSA) is 33.2 Å². The maximum atomic E-state index is 12.2. The third kappa shape index (κ3) is 3.90. The molecule has 0 N–H and O–H groups in total. The summed E-state index contributed by atoms with van der Waals surface area (Å²) < 4.78 is 36.6. The Morgan fingerprint density at radius 1 is 1.35 bits per heavy atom. The number of nitrogens with zero attached hydrogens (tertiary/aromatic N) is 2. The van der Waals surface area contributed by atoms with E-state index < -0.39 is 11.9 Å². The van der Waals surface area contributed by atoms with E-state index in [1.54, 1.807) is 19.0 Å². The van der Waals surface area contributed by atoms with Crippen molar-refractivity contribution in [1.82, 2.24) is 9.88 Å². The van der Waals surface area contributed by atoms with E-state index in [-0.39, 0.29) is 11.3 Å². The molecule has 1 rings (SSSR count). The smallest absolute Gasteiger partial charge is 0.383 e. The largest absolute Gasteiger partial charge is 0.433 e. The van der Waals surface area contributed by atoms with Crippen LogP contribution in [-0.4, -0.2) is 29.8 Å². The van der Waals surface area contributed by atoms with E-state index in [4.69, 9.17) is 0 Å². The average Bonchev–Trinajstić information content (AvgIpc) is 2.25. The highest BCUT2D eigenvalue weighted by Gasteiger charge is 2.32. The molecule has 0 atom stereocenters. The number of hydrogen-bond donors (Lipinski definition) is 0. The van der Waals surface area contributed by atoms with E-state index >= 15 is 0 Å². The Kier molecular flexibility index (Phi) is 3.88. The van der Waals surface area contributed by atoms with Gasteiger partial charge in [-0.1, -0.05) is 0 Å². The van der Waals surface area contributed by atoms with Gasteiger partial charge in [-0.25, -0.2) is 0 Å². The lowest BCUT2D eigenvalue weighted by Crippen LogP contribution is -2.09. The molecule has 6 heteroatoms. The first-order valence-corrected chi connectivity index (χ1v) is 4.73. The van der Waals surface area contributed by atoms with E-state index in [2.05, 4.69) is 4.98 Å². The van der Waals surface area contributed by atoms with Crippen LogP contribution in [0.5, 0.6) is 0 Å². The van der Waals surface area contributed by atoms with Gasteiger partial charge in [0.25, 0.3) is 0 Å². The van der Waals surface area contributed by atoms with Gasteiger partial charge in [-0.3, -0.25) is 9.78 Å². The molecular weight excluding hydrogens is 233 g/mol. The molecule has 1 heterocycles. The van der Waals surface area contributed by atoms with Crippen LogP contribution in [0, 0.1) is 0 Å². The first-order chi connectivity index (χ1) is 7.80. The maximum absolute atomic E-state index is 12.2. The number of carbonyl (C=O) groups excluding carboxylic acids is 1. The number of ketones is 1. The minimum absolute atomic E-state index is 0.121. The van der Waals surface area contributed by atoms with Gasteiger partial charge in [0.15, 0.2) is 5.78 Å². The fourth-order valence-corrected chi connectivity index (χ4v) is 1.02. The molecule has 92 valence electrons. The molecule has 0 fully saturated rings. The maximum Gasteiger partial charge on any atom is 0.433 e. The van der Waals surface area contributed by atoms with Gasteiger partial charge >= 0.3 is 6.18 Å². The summed E-state index contributed by atoms with van der Waals surface area (Å²) in [5.41, 5.74) is -0.887. The zero-order chi connectivity index (χ0) is 13.1. The molecule has 1 aromatic heterocycles. The predicted molar refractivity (Wildman–Crippen MR) is 56.4 cm³/mol. The molecule has 0 aliphatic rings. The number of hydrogen-bond acceptors (Lipinski definition) is 3. The van der Waals surface area contributed by atoms with Crippen molar-refractivity contribution in [2.24, 2.45) is 0 Å². The SMILES string of the molecule is CN(C)C=CC(=O)c1ccc(C(F)(F)F)nc1.